The van der Waals surface area contributed by atoms with Crippen LogP contribution in [0, 0.1) is 0 Å². The van der Waals surface area contributed by atoms with Crippen LogP contribution in [-0.4, -0.2) is 16.8 Å². The maximum absolute atomic E-state index is 13.3. The summed E-state index contributed by atoms with van der Waals surface area (Å²) in [7, 11) is 0. The lowest BCUT2D eigenvalue weighted by molar-refractivity contribution is -0.149. The summed E-state index contributed by atoms with van der Waals surface area (Å²) in [5.41, 5.74) is -0.468. The Balaban J connectivity index is 1.97. The highest BCUT2D eigenvalue weighted by Crippen LogP contribution is 2.51. The quantitative estimate of drug-likeness (QED) is 0.800. The predicted molar refractivity (Wildman–Crippen MR) is 95.4 cm³/mol. The molecule has 0 saturated heterocycles. The highest BCUT2D eigenvalue weighted by atomic mass is 35.5. The summed E-state index contributed by atoms with van der Waals surface area (Å²) >= 11 is 6.13. The summed E-state index contributed by atoms with van der Waals surface area (Å²) in [6, 6.07) is 13.6. The van der Waals surface area contributed by atoms with Gasteiger partial charge in [-0.2, -0.15) is 0 Å². The van der Waals surface area contributed by atoms with Gasteiger partial charge in [-0.15, -0.1) is 0 Å². The summed E-state index contributed by atoms with van der Waals surface area (Å²) in [6.45, 7) is 3.86. The fourth-order valence-corrected chi connectivity index (χ4v) is 3.83. The van der Waals surface area contributed by atoms with Gasteiger partial charge in [0.2, 0.25) is 11.4 Å². The number of carbonyl (C=O) groups excluding carboxylic acids is 2. The first-order chi connectivity index (χ1) is 11.8. The minimum atomic E-state index is -2.22. The van der Waals surface area contributed by atoms with Crippen molar-refractivity contribution in [2.75, 3.05) is 4.90 Å². The van der Waals surface area contributed by atoms with Crippen LogP contribution in [0.1, 0.15) is 25.0 Å². The van der Waals surface area contributed by atoms with Crippen LogP contribution in [0.4, 0.5) is 5.69 Å². The Kier molecular flexibility index (Phi) is 3.24. The van der Waals surface area contributed by atoms with Crippen molar-refractivity contribution in [3.8, 4) is 0 Å². The number of carbonyl (C=O) groups is 2. The summed E-state index contributed by atoms with van der Waals surface area (Å²) in [5.74, 6) is -1.28. The Labute approximate surface area is 150 Å². The second-order valence-electron chi connectivity index (χ2n) is 6.90. The van der Waals surface area contributed by atoms with E-state index in [-0.39, 0.29) is 5.56 Å². The lowest BCUT2D eigenvalue weighted by Crippen LogP contribution is -2.55. The second-order valence-corrected chi connectivity index (χ2v) is 7.33. The fourth-order valence-electron chi connectivity index (χ4n) is 3.66. The van der Waals surface area contributed by atoms with Crippen LogP contribution < -0.4 is 4.90 Å². The van der Waals surface area contributed by atoms with Gasteiger partial charge in [-0.3, -0.25) is 14.5 Å². The van der Waals surface area contributed by atoms with Crippen LogP contribution in [0.25, 0.3) is 0 Å². The Morgan fingerprint density at radius 1 is 1.04 bits per heavy atom. The molecule has 0 bridgehead atoms. The molecule has 1 amide bonds. The van der Waals surface area contributed by atoms with Gasteiger partial charge in [-0.1, -0.05) is 55.8 Å². The van der Waals surface area contributed by atoms with Gasteiger partial charge in [0.25, 0.3) is 5.91 Å². The molecule has 0 aliphatic carbocycles. The van der Waals surface area contributed by atoms with Crippen molar-refractivity contribution in [3.63, 3.8) is 0 Å². The first kappa shape index (κ1) is 16.1. The van der Waals surface area contributed by atoms with Gasteiger partial charge in [0.05, 0.1) is 5.69 Å². The third-order valence-electron chi connectivity index (χ3n) is 5.08. The number of hydrogen-bond acceptors (Lipinski definition) is 3. The van der Waals surface area contributed by atoms with Crippen molar-refractivity contribution in [1.82, 2.24) is 0 Å². The average Bonchev–Trinajstić information content (AvgIpc) is 2.81. The molecule has 0 aromatic heterocycles. The first-order valence-corrected chi connectivity index (χ1v) is 8.35. The van der Waals surface area contributed by atoms with Crippen molar-refractivity contribution in [3.05, 3.63) is 76.5 Å². The van der Waals surface area contributed by atoms with E-state index in [0.29, 0.717) is 16.4 Å². The number of fused-ring (bicyclic) bond motifs is 3. The van der Waals surface area contributed by atoms with E-state index in [0.717, 1.165) is 5.56 Å². The number of hydrogen-bond donors (Lipinski definition) is 1. The molecule has 1 atom stereocenters. The van der Waals surface area contributed by atoms with E-state index >= 15 is 0 Å². The molecule has 0 radical (unpaired) electrons. The van der Waals surface area contributed by atoms with Gasteiger partial charge in [0.15, 0.2) is 0 Å². The molecule has 2 heterocycles. The van der Waals surface area contributed by atoms with E-state index in [2.05, 4.69) is 0 Å². The zero-order valence-corrected chi connectivity index (χ0v) is 14.5. The zero-order chi connectivity index (χ0) is 18.0. The third-order valence-corrected chi connectivity index (χ3v) is 5.32. The molecular formula is C20H16ClNO3. The van der Waals surface area contributed by atoms with Gasteiger partial charge in [-0.05, 0) is 23.8 Å². The Hall–Kier alpha value is -2.43. The minimum absolute atomic E-state index is 0.264. The largest absolute Gasteiger partial charge is 0.369 e. The normalized spacial score (nSPS) is 24.0. The second kappa shape index (κ2) is 5.04. The number of nitrogens with zero attached hydrogens (tertiary/aromatic N) is 1. The van der Waals surface area contributed by atoms with E-state index < -0.39 is 22.7 Å². The van der Waals surface area contributed by atoms with Gasteiger partial charge in [-0.25, -0.2) is 0 Å². The maximum Gasteiger partial charge on any atom is 0.276 e. The van der Waals surface area contributed by atoms with E-state index in [1.54, 1.807) is 48.5 Å². The van der Waals surface area contributed by atoms with Gasteiger partial charge >= 0.3 is 0 Å². The standard InChI is InChI=1S/C20H16ClNO3/c1-19(2)14-10-13(21)8-9-15(14)22-16(19)11-17(23)20(25,18(22)24)12-6-4-3-5-7-12/h3-11,25H,1-2H3. The molecule has 5 heteroatoms. The monoisotopic (exact) mass is 353 g/mol. The average molecular weight is 354 g/mol. The van der Waals surface area contributed by atoms with Crippen LogP contribution in [0.15, 0.2) is 60.3 Å². The van der Waals surface area contributed by atoms with Crippen molar-refractivity contribution in [2.45, 2.75) is 24.9 Å². The SMILES string of the molecule is CC1(C)C2=CC(=O)C(O)(c3ccccc3)C(=O)N2c2ccc(Cl)cc21. The molecule has 2 aromatic carbocycles. The maximum atomic E-state index is 13.3. The van der Waals surface area contributed by atoms with E-state index in [4.69, 9.17) is 11.6 Å². The van der Waals surface area contributed by atoms with Gasteiger partial charge < -0.3 is 5.11 Å². The molecule has 0 saturated carbocycles. The van der Waals surface area contributed by atoms with Crippen LogP contribution in [0.5, 0.6) is 0 Å². The van der Waals surface area contributed by atoms with Crippen LogP contribution >= 0.6 is 11.6 Å². The lowest BCUT2D eigenvalue weighted by Gasteiger charge is -2.36. The topological polar surface area (TPSA) is 57.6 Å². The van der Waals surface area contributed by atoms with Crippen molar-refractivity contribution >= 4 is 29.0 Å². The number of allylic oxidation sites excluding steroid dienone is 1. The number of ketones is 1. The lowest BCUT2D eigenvalue weighted by atomic mass is 9.79. The number of halogens is 1. The van der Waals surface area contributed by atoms with Crippen LogP contribution in [0.3, 0.4) is 0 Å². The van der Waals surface area contributed by atoms with Crippen molar-refractivity contribution in [2.24, 2.45) is 0 Å². The van der Waals surface area contributed by atoms with E-state index in [1.165, 1.54) is 11.0 Å². The molecule has 25 heavy (non-hydrogen) atoms. The molecule has 126 valence electrons. The van der Waals surface area contributed by atoms with E-state index in [1.807, 2.05) is 13.8 Å². The third kappa shape index (κ3) is 1.98. The number of rotatable bonds is 1. The molecule has 1 N–H and O–H groups in total. The zero-order valence-electron chi connectivity index (χ0n) is 13.8. The molecule has 4 nitrogen and oxygen atoms in total. The Morgan fingerprint density at radius 2 is 1.72 bits per heavy atom. The van der Waals surface area contributed by atoms with E-state index in [9.17, 15) is 14.7 Å². The highest BCUT2D eigenvalue weighted by molar-refractivity contribution is 6.31. The molecule has 0 spiro atoms. The first-order valence-electron chi connectivity index (χ1n) is 7.97. The molecule has 2 aliphatic rings. The molecule has 2 aliphatic heterocycles. The number of benzene rings is 2. The summed E-state index contributed by atoms with van der Waals surface area (Å²) in [5, 5.41) is 11.6. The van der Waals surface area contributed by atoms with Gasteiger partial charge in [0, 0.05) is 27.8 Å². The summed E-state index contributed by atoms with van der Waals surface area (Å²) in [4.78, 5) is 27.5. The number of anilines is 1. The van der Waals surface area contributed by atoms with Crippen molar-refractivity contribution < 1.29 is 14.7 Å². The fraction of sp³-hybridized carbons (Fsp3) is 0.200. The molecular weight excluding hydrogens is 338 g/mol. The number of aliphatic hydroxyl groups is 1. The Bertz CT molecular complexity index is 949. The molecule has 1 unspecified atom stereocenters. The molecule has 4 rings (SSSR count). The summed E-state index contributed by atoms with van der Waals surface area (Å²) in [6.07, 6.45) is 1.38. The van der Waals surface area contributed by atoms with Gasteiger partial charge in [0.1, 0.15) is 0 Å². The van der Waals surface area contributed by atoms with Crippen molar-refractivity contribution in [1.29, 1.82) is 0 Å². The molecule has 0 fully saturated rings. The Morgan fingerprint density at radius 3 is 2.40 bits per heavy atom. The molecule has 2 aromatic rings. The number of amides is 1. The van der Waals surface area contributed by atoms with Crippen LogP contribution in [-0.2, 0) is 20.6 Å². The minimum Gasteiger partial charge on any atom is -0.369 e. The highest BCUT2D eigenvalue weighted by Gasteiger charge is 2.56. The summed E-state index contributed by atoms with van der Waals surface area (Å²) < 4.78 is 0. The smallest absolute Gasteiger partial charge is 0.276 e. The predicted octanol–water partition coefficient (Wildman–Crippen LogP) is 3.32. The van der Waals surface area contributed by atoms with Crippen LogP contribution in [0.2, 0.25) is 5.02 Å².